The third-order valence-corrected chi connectivity index (χ3v) is 14.0. The fourth-order valence-electron chi connectivity index (χ4n) is 9.60. The molecule has 5 aromatic rings. The molecule has 2 heterocycles. The summed E-state index contributed by atoms with van der Waals surface area (Å²) in [7, 11) is 0. The summed E-state index contributed by atoms with van der Waals surface area (Å²) in [6, 6.07) is 33.0. The van der Waals surface area contributed by atoms with Gasteiger partial charge in [0.25, 0.3) is 0 Å². The topological polar surface area (TPSA) is 92.7 Å². The Balaban J connectivity index is 0.886. The number of amides is 2. The first-order valence-electron chi connectivity index (χ1n) is 18.7. The first kappa shape index (κ1) is 34.1. The highest BCUT2D eigenvalue weighted by atomic mass is 32.2. The second kappa shape index (κ2) is 14.6. The van der Waals surface area contributed by atoms with Crippen molar-refractivity contribution in [1.82, 2.24) is 15.6 Å². The molecule has 7 nitrogen and oxygen atoms in total. The number of nitrogens with one attached hydrogen (secondary N) is 2. The van der Waals surface area contributed by atoms with Crippen molar-refractivity contribution in [3.63, 3.8) is 0 Å². The minimum absolute atomic E-state index is 0.00742. The van der Waals surface area contributed by atoms with E-state index in [1.165, 1.54) is 24.0 Å². The number of aliphatic hydroxyl groups excluding tert-OH is 1. The van der Waals surface area contributed by atoms with E-state index in [0.29, 0.717) is 6.54 Å². The predicted octanol–water partition coefficient (Wildman–Crippen LogP) is 9.56. The number of ether oxygens (including phenoxy) is 2. The fraction of sp³-hybridized carbons (Fsp3) is 0.395. The van der Waals surface area contributed by atoms with Gasteiger partial charge in [-0.2, -0.15) is 0 Å². The van der Waals surface area contributed by atoms with E-state index in [1.807, 2.05) is 36.4 Å². The van der Waals surface area contributed by atoms with Gasteiger partial charge in [-0.25, -0.2) is 9.78 Å². The number of fused-ring (bicyclic) bond motifs is 1. The van der Waals surface area contributed by atoms with Crippen LogP contribution in [0.5, 0.6) is 0 Å². The van der Waals surface area contributed by atoms with Crippen molar-refractivity contribution in [2.75, 3.05) is 5.75 Å². The SMILES string of the molecule is O=C(NCc1ccccc1-c1ccc([C@@H]2O[C@H](CSc3nc4ccccc4s3)C[C@H](c3ccc(CO)cc3)O2)cc1)NC12CC3CC(CC(C3)C1)C2. The normalized spacial score (nSPS) is 27.9. The lowest BCUT2D eigenvalue weighted by Crippen LogP contribution is -2.61. The van der Waals surface area contributed by atoms with Crippen LogP contribution in [0.15, 0.2) is 101 Å². The highest BCUT2D eigenvalue weighted by Crippen LogP contribution is 2.55. The van der Waals surface area contributed by atoms with Gasteiger partial charge in [-0.05, 0) is 96.2 Å². The maximum Gasteiger partial charge on any atom is 0.315 e. The van der Waals surface area contributed by atoms with E-state index in [0.717, 1.165) is 92.4 Å². The molecule has 3 N–H and O–H groups in total. The van der Waals surface area contributed by atoms with Crippen LogP contribution >= 0.6 is 23.1 Å². The number of carbonyl (C=O) groups is 1. The second-order valence-corrected chi connectivity index (χ2v) is 17.7. The average molecular weight is 732 g/mol. The molecule has 1 aromatic heterocycles. The lowest BCUT2D eigenvalue weighted by Gasteiger charge is -2.56. The number of hydrogen-bond donors (Lipinski definition) is 3. The van der Waals surface area contributed by atoms with Crippen LogP contribution in [-0.4, -0.2) is 33.5 Å². The van der Waals surface area contributed by atoms with Crippen LogP contribution in [0.3, 0.4) is 0 Å². The quantitative estimate of drug-likeness (QED) is 0.124. The number of carbonyl (C=O) groups excluding carboxylic acids is 1. The van der Waals surface area contributed by atoms with Gasteiger partial charge in [0, 0.05) is 29.8 Å². The van der Waals surface area contributed by atoms with Gasteiger partial charge in [-0.1, -0.05) is 96.7 Å². The molecule has 0 radical (unpaired) electrons. The number of hydrogen-bond acceptors (Lipinski definition) is 7. The van der Waals surface area contributed by atoms with Crippen LogP contribution in [0, 0.1) is 17.8 Å². The highest BCUT2D eigenvalue weighted by molar-refractivity contribution is 8.01. The number of nitrogens with zero attached hydrogens (tertiary/aromatic N) is 1. The molecule has 1 aliphatic heterocycles. The summed E-state index contributed by atoms with van der Waals surface area (Å²) < 4.78 is 15.5. The van der Waals surface area contributed by atoms with Crippen LogP contribution < -0.4 is 10.6 Å². The molecule has 4 saturated carbocycles. The van der Waals surface area contributed by atoms with Gasteiger partial charge in [0.15, 0.2) is 10.6 Å². The van der Waals surface area contributed by atoms with Gasteiger partial charge in [0.2, 0.25) is 0 Å². The molecule has 52 heavy (non-hydrogen) atoms. The Morgan fingerprint density at radius 2 is 1.52 bits per heavy atom. The zero-order valence-electron chi connectivity index (χ0n) is 29.2. The average Bonchev–Trinajstić information content (AvgIpc) is 3.59. The molecule has 9 heteroatoms. The first-order valence-corrected chi connectivity index (χ1v) is 20.5. The minimum atomic E-state index is -0.531. The highest BCUT2D eigenvalue weighted by Gasteiger charge is 2.51. The molecular formula is C43H45N3O4S2. The molecule has 3 atom stereocenters. The third kappa shape index (κ3) is 7.26. The molecule has 5 aliphatic rings. The number of thioether (sulfide) groups is 1. The Labute approximate surface area is 313 Å². The van der Waals surface area contributed by atoms with E-state index >= 15 is 0 Å². The van der Waals surface area contributed by atoms with Crippen LogP contribution in [0.2, 0.25) is 0 Å². The number of urea groups is 1. The largest absolute Gasteiger partial charge is 0.392 e. The third-order valence-electron chi connectivity index (χ3n) is 11.6. The van der Waals surface area contributed by atoms with Crippen molar-refractivity contribution in [3.05, 3.63) is 119 Å². The maximum atomic E-state index is 13.3. The van der Waals surface area contributed by atoms with Gasteiger partial charge in [0.05, 0.1) is 29.0 Å². The maximum absolute atomic E-state index is 13.3. The van der Waals surface area contributed by atoms with Crippen molar-refractivity contribution >= 4 is 39.3 Å². The fourth-order valence-corrected chi connectivity index (χ4v) is 11.7. The predicted molar refractivity (Wildman–Crippen MR) is 207 cm³/mol. The molecular weight excluding hydrogens is 687 g/mol. The summed E-state index contributed by atoms with van der Waals surface area (Å²) in [5, 5.41) is 16.3. The molecule has 10 rings (SSSR count). The van der Waals surface area contributed by atoms with Crippen molar-refractivity contribution in [2.45, 2.75) is 86.5 Å². The van der Waals surface area contributed by atoms with Crippen molar-refractivity contribution in [3.8, 4) is 11.1 Å². The number of thiazole rings is 1. The summed E-state index contributed by atoms with van der Waals surface area (Å²) in [4.78, 5) is 18.1. The Morgan fingerprint density at radius 1 is 0.827 bits per heavy atom. The Bertz CT molecular complexity index is 1960. The van der Waals surface area contributed by atoms with E-state index in [4.69, 9.17) is 14.5 Å². The van der Waals surface area contributed by atoms with E-state index in [-0.39, 0.29) is 30.4 Å². The van der Waals surface area contributed by atoms with Gasteiger partial charge < -0.3 is 25.2 Å². The zero-order valence-corrected chi connectivity index (χ0v) is 30.8. The molecule has 1 saturated heterocycles. The van der Waals surface area contributed by atoms with Crippen LogP contribution in [-0.2, 0) is 22.6 Å². The zero-order chi connectivity index (χ0) is 35.1. The van der Waals surface area contributed by atoms with Gasteiger partial charge in [-0.15, -0.1) is 11.3 Å². The van der Waals surface area contributed by atoms with E-state index in [1.54, 1.807) is 23.1 Å². The van der Waals surface area contributed by atoms with Crippen molar-refractivity contribution < 1.29 is 19.4 Å². The van der Waals surface area contributed by atoms with Crippen LogP contribution in [0.1, 0.15) is 79.6 Å². The molecule has 4 aromatic carbocycles. The Morgan fingerprint density at radius 3 is 2.25 bits per heavy atom. The van der Waals surface area contributed by atoms with Crippen molar-refractivity contribution in [1.29, 1.82) is 0 Å². The summed E-state index contributed by atoms with van der Waals surface area (Å²) in [6.45, 7) is 0.481. The lowest BCUT2D eigenvalue weighted by molar-refractivity contribution is -0.245. The number of para-hydroxylation sites is 1. The summed E-state index contributed by atoms with van der Waals surface area (Å²) in [6.07, 6.45) is 7.50. The van der Waals surface area contributed by atoms with E-state index in [9.17, 15) is 9.90 Å². The molecule has 268 valence electrons. The molecule has 0 unspecified atom stereocenters. The number of aromatic nitrogens is 1. The van der Waals surface area contributed by atoms with Crippen molar-refractivity contribution in [2.24, 2.45) is 17.8 Å². The summed E-state index contributed by atoms with van der Waals surface area (Å²) >= 11 is 3.45. The molecule has 4 bridgehead atoms. The number of aliphatic hydroxyl groups is 1. The van der Waals surface area contributed by atoms with E-state index in [2.05, 4.69) is 71.3 Å². The standard InChI is InChI=1S/C43H45N3O4S2/c47-25-27-9-11-32(12-10-27)38-20-35(26-51-42-45-37-7-3-4-8-39(37)52-42)49-40(50-38)33-15-13-31(14-16-33)36-6-2-1-5-34(36)24-44-41(48)46-43-21-28-17-29(22-43)19-30(18-28)23-43/h1-16,28-30,35,38,40,47H,17-26H2,(H2,44,46,48)/t28?,29?,30?,35-,38+,40+,43?/m0/s1. The smallest absolute Gasteiger partial charge is 0.315 e. The number of benzene rings is 4. The van der Waals surface area contributed by atoms with Crippen LogP contribution in [0.4, 0.5) is 4.79 Å². The monoisotopic (exact) mass is 731 g/mol. The number of rotatable bonds is 10. The summed E-state index contributed by atoms with van der Waals surface area (Å²) in [5.74, 6) is 3.13. The first-order chi connectivity index (χ1) is 25.5. The van der Waals surface area contributed by atoms with Gasteiger partial charge >= 0.3 is 6.03 Å². The molecule has 2 amide bonds. The van der Waals surface area contributed by atoms with E-state index < -0.39 is 6.29 Å². The minimum Gasteiger partial charge on any atom is -0.392 e. The van der Waals surface area contributed by atoms with Gasteiger partial charge in [-0.3, -0.25) is 0 Å². The molecule has 0 spiro atoms. The lowest BCUT2D eigenvalue weighted by atomic mass is 9.53. The van der Waals surface area contributed by atoms with Gasteiger partial charge in [0.1, 0.15) is 0 Å². The molecule has 5 fully saturated rings. The second-order valence-electron chi connectivity index (χ2n) is 15.4. The Kier molecular flexibility index (Phi) is 9.56. The van der Waals surface area contributed by atoms with Crippen LogP contribution in [0.25, 0.3) is 21.3 Å². The summed E-state index contributed by atoms with van der Waals surface area (Å²) in [5.41, 5.74) is 7.20. The molecule has 4 aliphatic carbocycles. The Hall–Kier alpha value is -3.73.